The van der Waals surface area contributed by atoms with Crippen molar-refractivity contribution in [3.05, 3.63) is 70.0 Å². The molecule has 0 amide bonds. The first-order chi connectivity index (χ1) is 13.8. The van der Waals surface area contributed by atoms with Gasteiger partial charge in [-0.15, -0.1) is 11.3 Å². The number of hydrogen-bond acceptors (Lipinski definition) is 5. The van der Waals surface area contributed by atoms with Crippen molar-refractivity contribution in [1.29, 1.82) is 0 Å². The van der Waals surface area contributed by atoms with E-state index in [0.717, 1.165) is 23.3 Å². The minimum Gasteiger partial charge on any atom is -0.279 e. The van der Waals surface area contributed by atoms with Gasteiger partial charge in [-0.05, 0) is 70.7 Å². The van der Waals surface area contributed by atoms with E-state index in [-0.39, 0.29) is 9.10 Å². The molecular weight excluding hydrogens is 496 g/mol. The van der Waals surface area contributed by atoms with E-state index < -0.39 is 20.0 Å². The number of fused-ring (bicyclic) bond motifs is 1. The summed E-state index contributed by atoms with van der Waals surface area (Å²) in [5, 5.41) is 0. The van der Waals surface area contributed by atoms with Crippen molar-refractivity contribution in [3.63, 3.8) is 0 Å². The smallest absolute Gasteiger partial charge is 0.271 e. The highest BCUT2D eigenvalue weighted by Gasteiger charge is 2.29. The third kappa shape index (κ3) is 4.07. The molecule has 152 valence electrons. The van der Waals surface area contributed by atoms with E-state index in [9.17, 15) is 16.8 Å². The van der Waals surface area contributed by atoms with E-state index in [2.05, 4.69) is 20.7 Å². The molecule has 4 rings (SSSR count). The summed E-state index contributed by atoms with van der Waals surface area (Å²) in [6, 6.07) is 16.5. The van der Waals surface area contributed by atoms with Crippen LogP contribution in [0.2, 0.25) is 0 Å². The fraction of sp³-hybridized carbons (Fsp3) is 0.158. The van der Waals surface area contributed by atoms with Gasteiger partial charge >= 0.3 is 0 Å². The van der Waals surface area contributed by atoms with Crippen molar-refractivity contribution in [1.82, 2.24) is 0 Å². The second kappa shape index (κ2) is 7.75. The van der Waals surface area contributed by atoms with Crippen molar-refractivity contribution in [2.24, 2.45) is 0 Å². The molecule has 0 aliphatic carbocycles. The van der Waals surface area contributed by atoms with Crippen LogP contribution in [0.4, 0.5) is 11.4 Å². The lowest BCUT2D eigenvalue weighted by Gasteiger charge is -2.31. The van der Waals surface area contributed by atoms with Crippen molar-refractivity contribution in [2.75, 3.05) is 15.6 Å². The third-order valence-electron chi connectivity index (χ3n) is 4.56. The molecule has 10 heteroatoms. The molecule has 0 atom stereocenters. The van der Waals surface area contributed by atoms with E-state index in [1.54, 1.807) is 54.6 Å². The van der Waals surface area contributed by atoms with E-state index in [0.29, 0.717) is 28.1 Å². The molecule has 1 aliphatic heterocycles. The lowest BCUT2D eigenvalue weighted by Crippen LogP contribution is -2.35. The Morgan fingerprint density at radius 1 is 0.966 bits per heavy atom. The first-order valence-corrected chi connectivity index (χ1v) is 13.3. The fourth-order valence-corrected chi connectivity index (χ4v) is 7.83. The summed E-state index contributed by atoms with van der Waals surface area (Å²) in [5.74, 6) is 0. The van der Waals surface area contributed by atoms with Crippen LogP contribution in [0, 0.1) is 0 Å². The van der Waals surface area contributed by atoms with Crippen LogP contribution >= 0.6 is 27.3 Å². The van der Waals surface area contributed by atoms with Crippen LogP contribution in [0.3, 0.4) is 0 Å². The Morgan fingerprint density at radius 2 is 1.72 bits per heavy atom. The van der Waals surface area contributed by atoms with Gasteiger partial charge < -0.3 is 0 Å². The predicted octanol–water partition coefficient (Wildman–Crippen LogP) is 4.45. The molecule has 1 aromatic heterocycles. The van der Waals surface area contributed by atoms with Crippen molar-refractivity contribution in [2.45, 2.75) is 21.9 Å². The summed E-state index contributed by atoms with van der Waals surface area (Å²) in [6.07, 6.45) is 1.44. The van der Waals surface area contributed by atoms with Crippen molar-refractivity contribution in [3.8, 4) is 0 Å². The van der Waals surface area contributed by atoms with Gasteiger partial charge in [0.2, 0.25) is 0 Å². The summed E-state index contributed by atoms with van der Waals surface area (Å²) in [4.78, 5) is 0.210. The highest BCUT2D eigenvalue weighted by atomic mass is 79.9. The van der Waals surface area contributed by atoms with Gasteiger partial charge in [-0.1, -0.05) is 24.3 Å². The van der Waals surface area contributed by atoms with E-state index in [1.807, 2.05) is 0 Å². The Kier molecular flexibility index (Phi) is 5.45. The second-order valence-electron chi connectivity index (χ2n) is 6.50. The maximum atomic E-state index is 13.2. The van der Waals surface area contributed by atoms with Gasteiger partial charge in [-0.2, -0.15) is 0 Å². The number of halogens is 1. The number of nitrogens with zero attached hydrogens (tertiary/aromatic N) is 1. The molecule has 6 nitrogen and oxygen atoms in total. The topological polar surface area (TPSA) is 83.6 Å². The first kappa shape index (κ1) is 20.4. The zero-order valence-corrected chi connectivity index (χ0v) is 19.1. The molecule has 29 heavy (non-hydrogen) atoms. The van der Waals surface area contributed by atoms with E-state index >= 15 is 0 Å². The van der Waals surface area contributed by atoms with Crippen LogP contribution in [0.1, 0.15) is 12.0 Å². The highest BCUT2D eigenvalue weighted by molar-refractivity contribution is 9.11. The SMILES string of the molecule is O=S(=O)(Nc1ccc2c(c1)N(S(=O)(=O)c1ccccc1)CCC2)c1ccc(Br)s1. The standard InChI is InChI=1S/C19H17BrN2O4S3/c20-18-10-11-19(27-18)28(23,24)21-15-9-8-14-5-4-12-22(17(14)13-15)29(25,26)16-6-2-1-3-7-16/h1-3,6-11,13,21H,4-5,12H2. The largest absolute Gasteiger partial charge is 0.279 e. The molecule has 0 bridgehead atoms. The third-order valence-corrected chi connectivity index (χ3v) is 9.88. The average molecular weight is 513 g/mol. The van der Waals surface area contributed by atoms with Gasteiger partial charge in [-0.25, -0.2) is 16.8 Å². The summed E-state index contributed by atoms with van der Waals surface area (Å²) < 4.78 is 56.4. The minimum absolute atomic E-state index is 0.177. The summed E-state index contributed by atoms with van der Waals surface area (Å²) in [6.45, 7) is 0.346. The molecular formula is C19H17BrN2O4S3. The van der Waals surface area contributed by atoms with Crippen LogP contribution in [0.5, 0.6) is 0 Å². The zero-order chi connectivity index (χ0) is 20.6. The number of benzene rings is 2. The van der Waals surface area contributed by atoms with Crippen molar-refractivity contribution < 1.29 is 16.8 Å². The maximum Gasteiger partial charge on any atom is 0.271 e. The molecule has 2 heterocycles. The molecule has 0 radical (unpaired) electrons. The normalized spacial score (nSPS) is 14.4. The molecule has 2 aromatic carbocycles. The lowest BCUT2D eigenvalue weighted by molar-refractivity contribution is 0.586. The molecule has 3 aromatic rings. The van der Waals surface area contributed by atoms with Crippen LogP contribution in [0.25, 0.3) is 0 Å². The Morgan fingerprint density at radius 3 is 2.41 bits per heavy atom. The quantitative estimate of drug-likeness (QED) is 0.547. The van der Waals surface area contributed by atoms with Crippen molar-refractivity contribution >= 4 is 58.7 Å². The Labute approximate surface area is 182 Å². The molecule has 0 fully saturated rings. The minimum atomic E-state index is -3.75. The molecule has 1 N–H and O–H groups in total. The fourth-order valence-electron chi connectivity index (χ4n) is 3.22. The lowest BCUT2D eigenvalue weighted by atomic mass is 10.0. The summed E-state index contributed by atoms with van der Waals surface area (Å²) >= 11 is 4.37. The average Bonchev–Trinajstić information content (AvgIpc) is 3.15. The maximum absolute atomic E-state index is 13.2. The van der Waals surface area contributed by atoms with Gasteiger partial charge in [0.1, 0.15) is 4.21 Å². The molecule has 0 spiro atoms. The Hall–Kier alpha value is -1.88. The number of rotatable bonds is 5. The number of anilines is 2. The number of hydrogen-bond donors (Lipinski definition) is 1. The van der Waals surface area contributed by atoms with Crippen LogP contribution < -0.4 is 9.03 Å². The predicted molar refractivity (Wildman–Crippen MR) is 119 cm³/mol. The van der Waals surface area contributed by atoms with Gasteiger partial charge in [0.05, 0.1) is 20.1 Å². The number of thiophene rings is 1. The monoisotopic (exact) mass is 512 g/mol. The number of sulfonamides is 2. The Balaban J connectivity index is 1.71. The molecule has 0 saturated carbocycles. The number of aryl methyl sites for hydroxylation is 1. The van der Waals surface area contributed by atoms with Gasteiger partial charge in [0.25, 0.3) is 20.0 Å². The Bertz CT molecular complexity index is 1260. The zero-order valence-electron chi connectivity index (χ0n) is 15.1. The first-order valence-electron chi connectivity index (χ1n) is 8.76. The second-order valence-corrected chi connectivity index (χ2v) is 12.7. The molecule has 0 saturated heterocycles. The molecule has 1 aliphatic rings. The van der Waals surface area contributed by atoms with E-state index in [1.165, 1.54) is 10.4 Å². The van der Waals surface area contributed by atoms with Gasteiger partial charge in [0, 0.05) is 6.54 Å². The van der Waals surface area contributed by atoms with Crippen LogP contribution in [0.15, 0.2) is 73.6 Å². The van der Waals surface area contributed by atoms with Crippen LogP contribution in [-0.4, -0.2) is 23.4 Å². The molecule has 0 unspecified atom stereocenters. The number of nitrogens with one attached hydrogen (secondary N) is 1. The van der Waals surface area contributed by atoms with E-state index in [4.69, 9.17) is 0 Å². The summed E-state index contributed by atoms with van der Waals surface area (Å²) in [5.41, 5.74) is 1.70. The van der Waals surface area contributed by atoms with Gasteiger partial charge in [-0.3, -0.25) is 9.03 Å². The highest BCUT2D eigenvalue weighted by Crippen LogP contribution is 2.35. The van der Waals surface area contributed by atoms with Gasteiger partial charge in [0.15, 0.2) is 0 Å². The summed E-state index contributed by atoms with van der Waals surface area (Å²) in [7, 11) is -7.49. The van der Waals surface area contributed by atoms with Crippen LogP contribution in [-0.2, 0) is 26.5 Å².